The molecule has 2 aromatic carbocycles. The van der Waals surface area contributed by atoms with E-state index in [9.17, 15) is 9.90 Å². The van der Waals surface area contributed by atoms with Crippen LogP contribution in [0.4, 0.5) is 0 Å². The maximum atomic E-state index is 11.8. The molecule has 1 fully saturated rings. The summed E-state index contributed by atoms with van der Waals surface area (Å²) in [7, 11) is 1.93. The molecule has 1 N–H and O–H groups in total. The van der Waals surface area contributed by atoms with Gasteiger partial charge in [0.1, 0.15) is 11.4 Å². The topological polar surface area (TPSA) is 52.9 Å². The average molecular weight is 427 g/mol. The van der Waals surface area contributed by atoms with E-state index < -0.39 is 5.97 Å². The van der Waals surface area contributed by atoms with E-state index in [1.165, 1.54) is 47.7 Å². The predicted molar refractivity (Wildman–Crippen MR) is 131 cm³/mol. The number of carboxylic acid groups (broad SMARTS) is 1. The molecule has 0 saturated heterocycles. The molecule has 1 heterocycles. The molecule has 4 heteroatoms. The predicted octanol–water partition coefficient (Wildman–Crippen LogP) is 6.45. The van der Waals surface area contributed by atoms with Crippen LogP contribution in [0.2, 0.25) is 0 Å². The highest BCUT2D eigenvalue weighted by molar-refractivity contribution is 6.12. The maximum absolute atomic E-state index is 11.8. The first-order valence-corrected chi connectivity index (χ1v) is 11.3. The molecular weight excluding hydrogens is 396 g/mol. The fraction of sp³-hybridized carbons (Fsp3) is 0.286. The highest BCUT2D eigenvalue weighted by atomic mass is 16.4. The number of aliphatic carboxylic acids is 1. The third-order valence-corrected chi connectivity index (χ3v) is 6.49. The molecule has 1 aliphatic heterocycles. The van der Waals surface area contributed by atoms with E-state index in [0.717, 1.165) is 24.0 Å². The van der Waals surface area contributed by atoms with Gasteiger partial charge >= 0.3 is 5.97 Å². The highest BCUT2D eigenvalue weighted by Crippen LogP contribution is 2.39. The SMILES string of the molecule is C=C/C(C(=O)O)=C1/N=CC(c2ccc(-c3cccc(C)c3)cc2)=C(C2CCCCC2)N1C. The second-order valence-corrected chi connectivity index (χ2v) is 8.64. The number of carbonyl (C=O) groups is 1. The van der Waals surface area contributed by atoms with Crippen LogP contribution in [0.5, 0.6) is 0 Å². The van der Waals surface area contributed by atoms with Crippen molar-refractivity contribution in [3.05, 3.63) is 89.4 Å². The van der Waals surface area contributed by atoms with Crippen molar-refractivity contribution in [1.29, 1.82) is 0 Å². The number of benzene rings is 2. The smallest absolute Gasteiger partial charge is 0.339 e. The van der Waals surface area contributed by atoms with Crippen LogP contribution in [0.15, 0.2) is 83.3 Å². The molecule has 0 unspecified atom stereocenters. The standard InChI is InChI=1S/C28H30N2O2/c1-4-24(28(31)32)27-29-18-25(26(30(27)3)22-10-6-5-7-11-22)21-15-13-20(14-16-21)23-12-8-9-19(2)17-23/h4,8-9,12-18,22H,1,5-7,10-11H2,2-3H3,(H,31,32)/b27-24+. The molecule has 164 valence electrons. The van der Waals surface area contributed by atoms with Crippen LogP contribution in [0.25, 0.3) is 16.7 Å². The van der Waals surface area contributed by atoms with Crippen molar-refractivity contribution < 1.29 is 9.90 Å². The Bertz CT molecular complexity index is 1120. The molecule has 32 heavy (non-hydrogen) atoms. The van der Waals surface area contributed by atoms with Crippen LogP contribution >= 0.6 is 0 Å². The molecule has 0 amide bonds. The zero-order valence-corrected chi connectivity index (χ0v) is 18.8. The summed E-state index contributed by atoms with van der Waals surface area (Å²) in [5.41, 5.74) is 7.10. The van der Waals surface area contributed by atoms with Crippen molar-refractivity contribution in [2.75, 3.05) is 7.05 Å². The van der Waals surface area contributed by atoms with Gasteiger partial charge in [-0.3, -0.25) is 0 Å². The second-order valence-electron chi connectivity index (χ2n) is 8.64. The Morgan fingerprint density at radius 1 is 1.06 bits per heavy atom. The van der Waals surface area contributed by atoms with Crippen molar-refractivity contribution in [3.63, 3.8) is 0 Å². The van der Waals surface area contributed by atoms with Gasteiger partial charge in [0.2, 0.25) is 0 Å². The summed E-state index contributed by atoms with van der Waals surface area (Å²) >= 11 is 0. The third kappa shape index (κ3) is 4.31. The monoisotopic (exact) mass is 426 g/mol. The fourth-order valence-corrected chi connectivity index (χ4v) is 4.86. The Morgan fingerprint density at radius 3 is 2.38 bits per heavy atom. The largest absolute Gasteiger partial charge is 0.478 e. The Labute approximate surface area is 190 Å². The number of allylic oxidation sites excluding steroid dienone is 2. The molecule has 0 radical (unpaired) electrons. The van der Waals surface area contributed by atoms with Gasteiger partial charge in [-0.15, -0.1) is 0 Å². The average Bonchev–Trinajstić information content (AvgIpc) is 2.81. The Morgan fingerprint density at radius 2 is 1.75 bits per heavy atom. The summed E-state index contributed by atoms with van der Waals surface area (Å²) in [5.74, 6) is -0.164. The van der Waals surface area contributed by atoms with Gasteiger partial charge in [0.15, 0.2) is 0 Å². The number of rotatable bonds is 5. The molecule has 0 spiro atoms. The van der Waals surface area contributed by atoms with Gasteiger partial charge in [-0.05, 0) is 42.4 Å². The lowest BCUT2D eigenvalue weighted by atomic mass is 9.83. The summed E-state index contributed by atoms with van der Waals surface area (Å²) in [6.45, 7) is 5.80. The van der Waals surface area contributed by atoms with E-state index in [0.29, 0.717) is 11.7 Å². The van der Waals surface area contributed by atoms with Gasteiger partial charge < -0.3 is 10.0 Å². The lowest BCUT2D eigenvalue weighted by molar-refractivity contribution is -0.132. The summed E-state index contributed by atoms with van der Waals surface area (Å²) < 4.78 is 0. The van der Waals surface area contributed by atoms with E-state index in [1.807, 2.05) is 18.2 Å². The van der Waals surface area contributed by atoms with Crippen LogP contribution in [0.1, 0.15) is 43.2 Å². The van der Waals surface area contributed by atoms with Gasteiger partial charge in [0.05, 0.1) is 0 Å². The molecule has 0 aromatic heterocycles. The fourth-order valence-electron chi connectivity index (χ4n) is 4.86. The minimum atomic E-state index is -1.01. The third-order valence-electron chi connectivity index (χ3n) is 6.49. The van der Waals surface area contributed by atoms with E-state index in [-0.39, 0.29) is 5.57 Å². The first-order valence-electron chi connectivity index (χ1n) is 11.3. The lowest BCUT2D eigenvalue weighted by Gasteiger charge is -2.36. The second kappa shape index (κ2) is 9.39. The van der Waals surface area contributed by atoms with Crippen molar-refractivity contribution in [1.82, 2.24) is 4.90 Å². The molecule has 2 aromatic rings. The number of aryl methyl sites for hydroxylation is 1. The normalized spacial score (nSPS) is 18.6. The van der Waals surface area contributed by atoms with E-state index in [2.05, 4.69) is 67.0 Å². The quantitative estimate of drug-likeness (QED) is 0.559. The van der Waals surface area contributed by atoms with Gasteiger partial charge in [-0.1, -0.05) is 86.0 Å². The van der Waals surface area contributed by atoms with Gasteiger partial charge in [0.25, 0.3) is 0 Å². The van der Waals surface area contributed by atoms with Crippen LogP contribution in [-0.2, 0) is 4.79 Å². The van der Waals surface area contributed by atoms with Crippen molar-refractivity contribution in [2.24, 2.45) is 10.9 Å². The van der Waals surface area contributed by atoms with E-state index in [4.69, 9.17) is 0 Å². The first-order chi connectivity index (χ1) is 15.5. The first kappa shape index (κ1) is 21.8. The number of nitrogens with zero attached hydrogens (tertiary/aromatic N) is 2. The zero-order chi connectivity index (χ0) is 22.7. The molecule has 0 atom stereocenters. The van der Waals surface area contributed by atoms with Gasteiger partial charge in [-0.2, -0.15) is 0 Å². The summed E-state index contributed by atoms with van der Waals surface area (Å²) in [6.07, 6.45) is 9.11. The summed E-state index contributed by atoms with van der Waals surface area (Å²) in [6, 6.07) is 17.1. The van der Waals surface area contributed by atoms with Gasteiger partial charge in [-0.25, -0.2) is 9.79 Å². The van der Waals surface area contributed by atoms with Crippen LogP contribution in [0, 0.1) is 12.8 Å². The number of hydrogen-bond donors (Lipinski definition) is 1. The maximum Gasteiger partial charge on any atom is 0.339 e. The van der Waals surface area contributed by atoms with Crippen molar-refractivity contribution in [3.8, 4) is 11.1 Å². The Hall–Kier alpha value is -3.40. The summed E-state index contributed by atoms with van der Waals surface area (Å²) in [5, 5.41) is 9.64. The lowest BCUT2D eigenvalue weighted by Crippen LogP contribution is -2.29. The minimum Gasteiger partial charge on any atom is -0.478 e. The molecule has 1 aliphatic carbocycles. The minimum absolute atomic E-state index is 0.130. The van der Waals surface area contributed by atoms with Crippen molar-refractivity contribution in [2.45, 2.75) is 39.0 Å². The molecule has 2 aliphatic rings. The van der Waals surface area contributed by atoms with Crippen LogP contribution in [0.3, 0.4) is 0 Å². The molecule has 1 saturated carbocycles. The van der Waals surface area contributed by atoms with E-state index >= 15 is 0 Å². The van der Waals surface area contributed by atoms with Crippen LogP contribution in [-0.4, -0.2) is 29.2 Å². The molecular formula is C28H30N2O2. The summed E-state index contributed by atoms with van der Waals surface area (Å²) in [4.78, 5) is 18.3. The zero-order valence-electron chi connectivity index (χ0n) is 18.8. The molecule has 0 bridgehead atoms. The highest BCUT2D eigenvalue weighted by Gasteiger charge is 2.30. The molecule has 4 rings (SSSR count). The number of aliphatic imine (C=N–C) groups is 1. The number of carboxylic acids is 1. The van der Waals surface area contributed by atoms with Gasteiger partial charge in [0, 0.05) is 24.5 Å². The Balaban J connectivity index is 1.78. The van der Waals surface area contributed by atoms with E-state index in [1.54, 1.807) is 0 Å². The van der Waals surface area contributed by atoms with Crippen LogP contribution < -0.4 is 0 Å². The number of hydrogen-bond acceptors (Lipinski definition) is 3. The molecule has 4 nitrogen and oxygen atoms in total. The Kier molecular flexibility index (Phi) is 6.40. The van der Waals surface area contributed by atoms with Crippen molar-refractivity contribution >= 4 is 17.8 Å².